The Morgan fingerprint density at radius 3 is 1.22 bits per heavy atom. The van der Waals surface area contributed by atoms with Crippen molar-refractivity contribution in [3.8, 4) is 0 Å². The summed E-state index contributed by atoms with van der Waals surface area (Å²) in [6, 6.07) is 26.3. The van der Waals surface area contributed by atoms with Gasteiger partial charge in [0.05, 0.1) is 0 Å². The quantitative estimate of drug-likeness (QED) is 0.215. The smallest absolute Gasteiger partial charge is 0.323 e. The van der Waals surface area contributed by atoms with Crippen LogP contribution in [0.5, 0.6) is 0 Å². The molecule has 36 heavy (non-hydrogen) atoms. The van der Waals surface area contributed by atoms with Gasteiger partial charge in [-0.15, -0.1) is 0 Å². The van der Waals surface area contributed by atoms with Crippen LogP contribution < -0.4 is 32.7 Å². The van der Waals surface area contributed by atoms with Gasteiger partial charge >= 0.3 is 6.03 Å². The molecule has 0 spiro atoms. The Balaban J connectivity index is 1.36. The van der Waals surface area contributed by atoms with E-state index in [2.05, 4.69) is 21.3 Å². The molecule has 0 heterocycles. The van der Waals surface area contributed by atoms with E-state index >= 15 is 0 Å². The van der Waals surface area contributed by atoms with Crippen molar-refractivity contribution in [1.29, 1.82) is 0 Å². The van der Waals surface area contributed by atoms with Crippen LogP contribution in [0.4, 0.5) is 38.9 Å². The highest BCUT2D eigenvalue weighted by atomic mass is 16.2. The molecule has 4 amide bonds. The Hall–Kier alpha value is -5.31. The molecule has 9 heteroatoms. The Bertz CT molecular complexity index is 1330. The second-order valence-corrected chi connectivity index (χ2v) is 7.90. The van der Waals surface area contributed by atoms with Crippen LogP contribution in [0.25, 0.3) is 0 Å². The fraction of sp³-hybridized carbons (Fsp3) is 0. The number of carbonyl (C=O) groups is 3. The molecule has 0 unspecified atom stereocenters. The highest BCUT2D eigenvalue weighted by Crippen LogP contribution is 2.19. The lowest BCUT2D eigenvalue weighted by Gasteiger charge is -2.11. The van der Waals surface area contributed by atoms with Crippen LogP contribution in [0, 0.1) is 0 Å². The van der Waals surface area contributed by atoms with E-state index in [9.17, 15) is 14.4 Å². The fourth-order valence-electron chi connectivity index (χ4n) is 3.41. The van der Waals surface area contributed by atoms with E-state index in [1.54, 1.807) is 97.1 Å². The highest BCUT2D eigenvalue weighted by Gasteiger charge is 2.10. The zero-order chi connectivity index (χ0) is 25.5. The summed E-state index contributed by atoms with van der Waals surface area (Å²) in [4.78, 5) is 37.5. The molecule has 0 aliphatic heterocycles. The normalized spacial score (nSPS) is 10.2. The van der Waals surface area contributed by atoms with Gasteiger partial charge in [0, 0.05) is 45.3 Å². The second kappa shape index (κ2) is 10.7. The maximum atomic E-state index is 12.5. The van der Waals surface area contributed by atoms with Gasteiger partial charge in [-0.05, 0) is 72.8 Å². The summed E-state index contributed by atoms with van der Waals surface area (Å²) in [5, 5.41) is 11.0. The standard InChI is InChI=1S/C27H24N6O3/c28-19-7-1-5-17(13-19)25(34)30-21-9-3-11-23(15-21)32-27(36)33-24-12-4-10-22(16-24)31-26(35)18-6-2-8-20(29)14-18/h1-16H,28-29H2,(H,30,34)(H,31,35)(H2,32,33,36). The summed E-state index contributed by atoms with van der Waals surface area (Å²) < 4.78 is 0. The molecular formula is C27H24N6O3. The molecule has 0 atom stereocenters. The van der Waals surface area contributed by atoms with E-state index in [1.165, 1.54) is 0 Å². The zero-order valence-electron chi connectivity index (χ0n) is 19.1. The van der Waals surface area contributed by atoms with Gasteiger partial charge in [-0.1, -0.05) is 24.3 Å². The number of anilines is 6. The number of nitrogens with two attached hydrogens (primary N) is 2. The monoisotopic (exact) mass is 480 g/mol. The van der Waals surface area contributed by atoms with E-state index in [0.717, 1.165) is 0 Å². The van der Waals surface area contributed by atoms with Crippen molar-refractivity contribution < 1.29 is 14.4 Å². The minimum absolute atomic E-state index is 0.319. The van der Waals surface area contributed by atoms with E-state index in [0.29, 0.717) is 45.3 Å². The predicted molar refractivity (Wildman–Crippen MR) is 143 cm³/mol. The van der Waals surface area contributed by atoms with Crippen LogP contribution in [-0.4, -0.2) is 17.8 Å². The van der Waals surface area contributed by atoms with E-state index in [-0.39, 0.29) is 11.8 Å². The first-order valence-corrected chi connectivity index (χ1v) is 11.0. The topological polar surface area (TPSA) is 151 Å². The number of urea groups is 1. The molecule has 4 aromatic carbocycles. The van der Waals surface area contributed by atoms with E-state index < -0.39 is 6.03 Å². The third kappa shape index (κ3) is 6.39. The summed E-state index contributed by atoms with van der Waals surface area (Å²) in [7, 11) is 0. The first kappa shape index (κ1) is 23.8. The Labute approximate surface area is 207 Å². The summed E-state index contributed by atoms with van der Waals surface area (Å²) in [6.45, 7) is 0. The Kier molecular flexibility index (Phi) is 7.11. The van der Waals surface area contributed by atoms with Crippen LogP contribution >= 0.6 is 0 Å². The molecule has 0 fully saturated rings. The molecule has 0 bridgehead atoms. The van der Waals surface area contributed by atoms with Gasteiger partial charge in [-0.25, -0.2) is 4.79 Å². The van der Waals surface area contributed by atoms with Crippen molar-refractivity contribution >= 4 is 52.0 Å². The number of nitrogen functional groups attached to an aromatic ring is 2. The van der Waals surface area contributed by atoms with Crippen molar-refractivity contribution in [2.75, 3.05) is 32.7 Å². The van der Waals surface area contributed by atoms with Gasteiger partial charge in [0.1, 0.15) is 0 Å². The summed E-state index contributed by atoms with van der Waals surface area (Å²) >= 11 is 0. The SMILES string of the molecule is Nc1cccc(C(=O)Nc2cccc(NC(=O)Nc3cccc(NC(=O)c4cccc(N)c4)c3)c2)c1. The molecule has 0 radical (unpaired) electrons. The third-order valence-electron chi connectivity index (χ3n) is 5.05. The number of rotatable bonds is 6. The maximum absolute atomic E-state index is 12.5. The van der Waals surface area contributed by atoms with Gasteiger partial charge in [0.15, 0.2) is 0 Å². The van der Waals surface area contributed by atoms with Crippen molar-refractivity contribution in [2.24, 2.45) is 0 Å². The van der Waals surface area contributed by atoms with Crippen LogP contribution in [0.1, 0.15) is 20.7 Å². The average Bonchev–Trinajstić information content (AvgIpc) is 2.84. The van der Waals surface area contributed by atoms with Crippen molar-refractivity contribution in [3.05, 3.63) is 108 Å². The number of amides is 4. The van der Waals surface area contributed by atoms with Gasteiger partial charge < -0.3 is 32.7 Å². The van der Waals surface area contributed by atoms with Crippen molar-refractivity contribution in [3.63, 3.8) is 0 Å². The minimum atomic E-state index is -0.492. The van der Waals surface area contributed by atoms with E-state index in [4.69, 9.17) is 11.5 Å². The summed E-state index contributed by atoms with van der Waals surface area (Å²) in [5.41, 5.74) is 15.3. The number of hydrogen-bond donors (Lipinski definition) is 6. The molecular weight excluding hydrogens is 456 g/mol. The van der Waals surface area contributed by atoms with Crippen LogP contribution in [-0.2, 0) is 0 Å². The van der Waals surface area contributed by atoms with Gasteiger partial charge in [-0.3, -0.25) is 9.59 Å². The fourth-order valence-corrected chi connectivity index (χ4v) is 3.41. The summed E-state index contributed by atoms with van der Waals surface area (Å²) in [6.07, 6.45) is 0. The molecule has 0 aliphatic carbocycles. The van der Waals surface area contributed by atoms with Crippen LogP contribution in [0.3, 0.4) is 0 Å². The Morgan fingerprint density at radius 2 is 0.833 bits per heavy atom. The average molecular weight is 481 g/mol. The lowest BCUT2D eigenvalue weighted by molar-refractivity contribution is 0.101. The summed E-state index contributed by atoms with van der Waals surface area (Å²) in [5.74, 6) is -0.637. The lowest BCUT2D eigenvalue weighted by atomic mass is 10.2. The molecule has 9 nitrogen and oxygen atoms in total. The van der Waals surface area contributed by atoms with Gasteiger partial charge in [0.2, 0.25) is 0 Å². The largest absolute Gasteiger partial charge is 0.399 e. The third-order valence-corrected chi connectivity index (χ3v) is 5.05. The number of benzene rings is 4. The second-order valence-electron chi connectivity index (χ2n) is 7.90. The molecule has 0 aromatic heterocycles. The predicted octanol–water partition coefficient (Wildman–Crippen LogP) is 5.00. The molecule has 180 valence electrons. The number of carbonyl (C=O) groups excluding carboxylic acids is 3. The Morgan fingerprint density at radius 1 is 0.472 bits per heavy atom. The van der Waals surface area contributed by atoms with Gasteiger partial charge in [-0.2, -0.15) is 0 Å². The molecule has 0 saturated heterocycles. The lowest BCUT2D eigenvalue weighted by Crippen LogP contribution is -2.20. The number of hydrogen-bond acceptors (Lipinski definition) is 5. The number of nitrogens with one attached hydrogen (secondary N) is 4. The van der Waals surface area contributed by atoms with Crippen molar-refractivity contribution in [2.45, 2.75) is 0 Å². The first-order valence-electron chi connectivity index (χ1n) is 11.0. The molecule has 0 saturated carbocycles. The first-order chi connectivity index (χ1) is 17.4. The molecule has 8 N–H and O–H groups in total. The van der Waals surface area contributed by atoms with Crippen LogP contribution in [0.15, 0.2) is 97.1 Å². The zero-order valence-corrected chi connectivity index (χ0v) is 19.1. The maximum Gasteiger partial charge on any atom is 0.323 e. The van der Waals surface area contributed by atoms with Gasteiger partial charge in [0.25, 0.3) is 11.8 Å². The van der Waals surface area contributed by atoms with E-state index in [1.807, 2.05) is 0 Å². The van der Waals surface area contributed by atoms with Crippen LogP contribution in [0.2, 0.25) is 0 Å². The minimum Gasteiger partial charge on any atom is -0.399 e. The highest BCUT2D eigenvalue weighted by molar-refractivity contribution is 6.06. The molecule has 4 aromatic rings. The van der Waals surface area contributed by atoms with Crippen molar-refractivity contribution in [1.82, 2.24) is 0 Å². The molecule has 4 rings (SSSR count). The molecule has 0 aliphatic rings.